The molecule has 7 rings (SSSR count). The van der Waals surface area contributed by atoms with Gasteiger partial charge in [-0.3, -0.25) is 0 Å². The Hall–Kier alpha value is -2.57. The molecule has 1 saturated carbocycles. The molecule has 2 aromatic rings. The molecule has 6 nitrogen and oxygen atoms in total. The number of amides is 1. The maximum atomic E-state index is 13.3. The van der Waals surface area contributed by atoms with Gasteiger partial charge < -0.3 is 23.8 Å². The number of ether oxygens (including phenoxy) is 4. The van der Waals surface area contributed by atoms with E-state index in [1.54, 1.807) is 0 Å². The largest absolute Gasteiger partial charge is 0.483 e. The summed E-state index contributed by atoms with van der Waals surface area (Å²) in [6.45, 7) is 4.00. The van der Waals surface area contributed by atoms with E-state index in [-0.39, 0.29) is 23.7 Å². The lowest BCUT2D eigenvalue weighted by molar-refractivity contribution is -0.260. The minimum Gasteiger partial charge on any atom is -0.483 e. The highest BCUT2D eigenvalue weighted by molar-refractivity contribution is 5.72. The molecule has 2 saturated heterocycles. The lowest BCUT2D eigenvalue weighted by atomic mass is 9.50. The molecule has 0 aromatic heterocycles. The van der Waals surface area contributed by atoms with Crippen molar-refractivity contribution >= 4 is 6.09 Å². The smallest absolute Gasteiger partial charge is 0.415 e. The zero-order valence-electron chi connectivity index (χ0n) is 18.2. The maximum Gasteiger partial charge on any atom is 0.415 e. The minimum atomic E-state index is -0.673. The van der Waals surface area contributed by atoms with Gasteiger partial charge >= 0.3 is 6.09 Å². The second-order valence-electron chi connectivity index (χ2n) is 9.83. The van der Waals surface area contributed by atoms with Gasteiger partial charge in [-0.15, -0.1) is 0 Å². The molecular formula is C26H27NO5. The van der Waals surface area contributed by atoms with E-state index in [0.29, 0.717) is 31.4 Å². The van der Waals surface area contributed by atoms with Gasteiger partial charge in [0.1, 0.15) is 11.5 Å². The van der Waals surface area contributed by atoms with Crippen LogP contribution in [0.15, 0.2) is 42.5 Å². The van der Waals surface area contributed by atoms with E-state index in [1.807, 2.05) is 35.2 Å². The van der Waals surface area contributed by atoms with Crippen LogP contribution >= 0.6 is 0 Å². The summed E-state index contributed by atoms with van der Waals surface area (Å²) in [6, 6.07) is 13.8. The summed E-state index contributed by atoms with van der Waals surface area (Å²) in [5, 5.41) is 0. The third-order valence-electron chi connectivity index (χ3n) is 8.49. The van der Waals surface area contributed by atoms with E-state index < -0.39 is 5.79 Å². The Bertz CT molecular complexity index is 1090. The quantitative estimate of drug-likeness (QED) is 0.681. The average Bonchev–Trinajstić information content (AvgIpc) is 3.40. The fourth-order valence-electron chi connectivity index (χ4n) is 7.31. The number of piperidine rings is 1. The number of benzene rings is 2. The first-order chi connectivity index (χ1) is 15.6. The summed E-state index contributed by atoms with van der Waals surface area (Å²) in [4.78, 5) is 15.2. The number of para-hydroxylation sites is 1. The van der Waals surface area contributed by atoms with Gasteiger partial charge in [-0.25, -0.2) is 4.79 Å². The van der Waals surface area contributed by atoms with Crippen LogP contribution in [0.2, 0.25) is 0 Å². The van der Waals surface area contributed by atoms with Gasteiger partial charge in [0.15, 0.2) is 6.10 Å². The Labute approximate surface area is 187 Å². The minimum absolute atomic E-state index is 0.0889. The highest BCUT2D eigenvalue weighted by atomic mass is 16.8. The third kappa shape index (κ3) is 2.29. The fourth-order valence-corrected chi connectivity index (χ4v) is 7.31. The Kier molecular flexibility index (Phi) is 3.84. The van der Waals surface area contributed by atoms with Gasteiger partial charge in [0.25, 0.3) is 0 Å². The molecule has 166 valence electrons. The van der Waals surface area contributed by atoms with Crippen molar-refractivity contribution in [2.75, 3.05) is 19.8 Å². The Morgan fingerprint density at radius 2 is 1.91 bits per heavy atom. The number of hydrogen-bond donors (Lipinski definition) is 0. The van der Waals surface area contributed by atoms with Crippen molar-refractivity contribution in [3.8, 4) is 11.5 Å². The molecule has 1 unspecified atom stereocenters. The normalized spacial score (nSPS) is 33.0. The first kappa shape index (κ1) is 18.9. The van der Waals surface area contributed by atoms with Gasteiger partial charge in [-0.05, 0) is 55.4 Å². The van der Waals surface area contributed by atoms with E-state index in [2.05, 4.69) is 19.1 Å². The summed E-state index contributed by atoms with van der Waals surface area (Å²) in [7, 11) is 0. The van der Waals surface area contributed by atoms with Gasteiger partial charge in [0, 0.05) is 30.0 Å². The molecule has 3 heterocycles. The zero-order valence-corrected chi connectivity index (χ0v) is 18.2. The van der Waals surface area contributed by atoms with Crippen LogP contribution in [-0.2, 0) is 21.3 Å². The summed E-state index contributed by atoms with van der Waals surface area (Å²) in [6.07, 6.45) is 3.00. The molecule has 2 aromatic carbocycles. The molecule has 4 atom stereocenters. The van der Waals surface area contributed by atoms with E-state index in [9.17, 15) is 4.79 Å². The maximum absolute atomic E-state index is 13.3. The number of rotatable bonds is 1. The molecule has 0 N–H and O–H groups in total. The SMILES string of the molecule is Cc1ccc2c3c1O[C@@H]1C4(CC[C@@H]5C(C2)N(C(=O)Oc2ccccc2)CC[C@]351)OCCO4. The van der Waals surface area contributed by atoms with Gasteiger partial charge in [0.2, 0.25) is 5.79 Å². The Morgan fingerprint density at radius 3 is 2.72 bits per heavy atom. The van der Waals surface area contributed by atoms with E-state index in [4.69, 9.17) is 18.9 Å². The molecule has 32 heavy (non-hydrogen) atoms. The number of carbonyl (C=O) groups excluding carboxylic acids is 1. The van der Waals surface area contributed by atoms with E-state index in [1.165, 1.54) is 16.7 Å². The summed E-state index contributed by atoms with van der Waals surface area (Å²) >= 11 is 0. The summed E-state index contributed by atoms with van der Waals surface area (Å²) < 4.78 is 25.1. The van der Waals surface area contributed by atoms with Crippen molar-refractivity contribution in [3.63, 3.8) is 0 Å². The Morgan fingerprint density at radius 1 is 1.09 bits per heavy atom. The molecule has 1 amide bonds. The second-order valence-corrected chi connectivity index (χ2v) is 9.83. The third-order valence-corrected chi connectivity index (χ3v) is 8.49. The lowest BCUT2D eigenvalue weighted by Crippen LogP contribution is -2.71. The van der Waals surface area contributed by atoms with Crippen molar-refractivity contribution in [1.29, 1.82) is 0 Å². The van der Waals surface area contributed by atoms with Crippen molar-refractivity contribution < 1.29 is 23.7 Å². The van der Waals surface area contributed by atoms with Crippen LogP contribution in [0.4, 0.5) is 4.79 Å². The number of fused-ring (bicyclic) bond motifs is 1. The topological polar surface area (TPSA) is 57.2 Å². The van der Waals surface area contributed by atoms with Crippen molar-refractivity contribution in [2.24, 2.45) is 5.92 Å². The first-order valence-corrected chi connectivity index (χ1v) is 11.7. The van der Waals surface area contributed by atoms with Gasteiger partial charge in [-0.2, -0.15) is 0 Å². The van der Waals surface area contributed by atoms with Crippen molar-refractivity contribution in [2.45, 2.75) is 56.0 Å². The summed E-state index contributed by atoms with van der Waals surface area (Å²) in [5.41, 5.74) is 3.65. The fraction of sp³-hybridized carbons (Fsp3) is 0.500. The van der Waals surface area contributed by atoms with Gasteiger partial charge in [-0.1, -0.05) is 30.3 Å². The lowest BCUT2D eigenvalue weighted by Gasteiger charge is -2.60. The zero-order chi connectivity index (χ0) is 21.5. The van der Waals surface area contributed by atoms with Crippen LogP contribution in [-0.4, -0.2) is 48.7 Å². The predicted octanol–water partition coefficient (Wildman–Crippen LogP) is 3.98. The van der Waals surface area contributed by atoms with Crippen molar-refractivity contribution in [3.05, 3.63) is 59.2 Å². The molecule has 2 bridgehead atoms. The molecule has 3 fully saturated rings. The monoisotopic (exact) mass is 433 g/mol. The highest BCUT2D eigenvalue weighted by Gasteiger charge is 2.71. The van der Waals surface area contributed by atoms with Crippen molar-refractivity contribution in [1.82, 2.24) is 4.90 Å². The molecule has 6 heteroatoms. The molecule has 2 spiro atoms. The van der Waals surface area contributed by atoms with Crippen LogP contribution < -0.4 is 9.47 Å². The highest BCUT2D eigenvalue weighted by Crippen LogP contribution is 2.65. The van der Waals surface area contributed by atoms with Crippen LogP contribution in [0.1, 0.15) is 36.0 Å². The molecule has 2 aliphatic carbocycles. The molecular weight excluding hydrogens is 406 g/mol. The first-order valence-electron chi connectivity index (χ1n) is 11.7. The molecule has 0 radical (unpaired) electrons. The number of carbonyl (C=O) groups is 1. The number of aryl methyl sites for hydroxylation is 1. The van der Waals surface area contributed by atoms with E-state index in [0.717, 1.165) is 31.4 Å². The second kappa shape index (κ2) is 6.49. The molecule has 3 aliphatic heterocycles. The van der Waals surface area contributed by atoms with Crippen LogP contribution in [0, 0.1) is 12.8 Å². The van der Waals surface area contributed by atoms with Crippen LogP contribution in [0.5, 0.6) is 11.5 Å². The molecule has 5 aliphatic rings. The standard InChI is InChI=1S/C26H27NO5/c1-16-7-8-17-15-20-19-9-10-26(29-13-14-30-26)23-25(19,21(17)22(16)32-23)11-12-27(20)24(28)31-18-5-3-2-4-6-18/h2-8,19-20,23H,9-15H2,1H3/t19-,20?,23+,25-/m1/s1. The Balaban J connectivity index is 1.31. The van der Waals surface area contributed by atoms with Gasteiger partial charge in [0.05, 0.1) is 13.2 Å². The number of likely N-dealkylation sites (tertiary alicyclic amines) is 1. The number of nitrogens with zero attached hydrogens (tertiary/aromatic N) is 1. The average molecular weight is 434 g/mol. The summed E-state index contributed by atoms with van der Waals surface area (Å²) in [5.74, 6) is 1.24. The van der Waals surface area contributed by atoms with Crippen LogP contribution in [0.3, 0.4) is 0 Å². The predicted molar refractivity (Wildman–Crippen MR) is 116 cm³/mol. The van der Waals surface area contributed by atoms with Crippen LogP contribution in [0.25, 0.3) is 0 Å². The number of hydrogen-bond acceptors (Lipinski definition) is 5. The van der Waals surface area contributed by atoms with E-state index >= 15 is 0 Å².